The van der Waals surface area contributed by atoms with E-state index in [1.165, 1.54) is 4.90 Å². The zero-order valence-electron chi connectivity index (χ0n) is 13.4. The number of quaternary nitrogens is 1. The highest BCUT2D eigenvalue weighted by Crippen LogP contribution is 2.19. The number of benzene rings is 1. The Morgan fingerprint density at radius 3 is 2.74 bits per heavy atom. The lowest BCUT2D eigenvalue weighted by atomic mass is 9.96. The second-order valence-electron chi connectivity index (χ2n) is 6.64. The average Bonchev–Trinajstić information content (AvgIpc) is 3.09. The first-order chi connectivity index (χ1) is 11.1. The van der Waals surface area contributed by atoms with Crippen molar-refractivity contribution in [3.05, 3.63) is 39.9 Å². The Balaban J connectivity index is 1.65. The Bertz CT molecular complexity index is 584. The van der Waals surface area contributed by atoms with Crippen molar-refractivity contribution in [2.24, 2.45) is 5.92 Å². The van der Waals surface area contributed by atoms with Crippen LogP contribution in [0.4, 0.5) is 5.69 Å². The largest absolute Gasteiger partial charge is 0.342 e. The van der Waals surface area contributed by atoms with Crippen molar-refractivity contribution in [1.29, 1.82) is 0 Å². The molecule has 2 atom stereocenters. The molecule has 0 saturated carbocycles. The molecule has 1 N–H and O–H groups in total. The Morgan fingerprint density at radius 2 is 2.00 bits per heavy atom. The predicted octanol–water partition coefficient (Wildman–Crippen LogP) is 1.01. The maximum absolute atomic E-state index is 12.6. The minimum absolute atomic E-state index is 0.0830. The number of piperidine rings is 1. The zero-order valence-corrected chi connectivity index (χ0v) is 13.4. The van der Waals surface area contributed by atoms with Gasteiger partial charge in [0.15, 0.2) is 0 Å². The van der Waals surface area contributed by atoms with E-state index in [-0.39, 0.29) is 16.5 Å². The number of nitro groups is 1. The summed E-state index contributed by atoms with van der Waals surface area (Å²) in [6.45, 7) is 4.20. The van der Waals surface area contributed by atoms with Crippen LogP contribution < -0.4 is 4.90 Å². The molecule has 0 spiro atoms. The molecule has 0 aromatic heterocycles. The molecule has 6 heteroatoms. The highest BCUT2D eigenvalue weighted by Gasteiger charge is 2.33. The van der Waals surface area contributed by atoms with Crippen LogP contribution in [0.5, 0.6) is 0 Å². The zero-order chi connectivity index (χ0) is 16.2. The number of nitrogens with one attached hydrogen (secondary N) is 1. The topological polar surface area (TPSA) is 67.9 Å². The number of nitrogens with zero attached hydrogens (tertiary/aromatic N) is 2. The fourth-order valence-corrected chi connectivity index (χ4v) is 3.83. The van der Waals surface area contributed by atoms with E-state index in [4.69, 9.17) is 0 Å². The van der Waals surface area contributed by atoms with Crippen LogP contribution in [0, 0.1) is 16.0 Å². The van der Waals surface area contributed by atoms with E-state index in [0.717, 1.165) is 57.4 Å². The monoisotopic (exact) mass is 318 g/mol. The molecule has 2 saturated heterocycles. The molecular formula is C17H24N3O3+. The van der Waals surface area contributed by atoms with E-state index in [1.807, 2.05) is 17.0 Å². The van der Waals surface area contributed by atoms with Crippen molar-refractivity contribution in [2.45, 2.75) is 32.2 Å². The maximum Gasteiger partial charge on any atom is 0.278 e. The molecule has 2 heterocycles. The third-order valence-electron chi connectivity index (χ3n) is 5.01. The number of carbonyl (C=O) groups is 1. The third kappa shape index (κ3) is 3.69. The first-order valence-corrected chi connectivity index (χ1v) is 8.50. The summed E-state index contributed by atoms with van der Waals surface area (Å²) in [5.41, 5.74) is 0.953. The standard InChI is InChI=1S/C17H23N3O3/c21-17(19-10-3-4-11-19)15-7-5-9-18(13-15)12-14-6-1-2-8-16(14)20(22)23/h1-2,6,8,15H,3-5,7,9-13H2/p+1/t15-/m0/s1. The van der Waals surface area contributed by atoms with E-state index in [1.54, 1.807) is 12.1 Å². The molecule has 1 unspecified atom stereocenters. The molecule has 124 valence electrons. The van der Waals surface area contributed by atoms with Crippen molar-refractivity contribution < 1.29 is 14.6 Å². The molecule has 2 aliphatic rings. The van der Waals surface area contributed by atoms with Gasteiger partial charge in [0.05, 0.1) is 29.5 Å². The quantitative estimate of drug-likeness (QED) is 0.665. The van der Waals surface area contributed by atoms with Crippen molar-refractivity contribution in [1.82, 2.24) is 4.90 Å². The first kappa shape index (κ1) is 15.9. The Labute approximate surface area is 136 Å². The number of hydrogen-bond acceptors (Lipinski definition) is 3. The van der Waals surface area contributed by atoms with Gasteiger partial charge in [-0.05, 0) is 31.7 Å². The predicted molar refractivity (Wildman–Crippen MR) is 86.0 cm³/mol. The lowest BCUT2D eigenvalue weighted by molar-refractivity contribution is -0.921. The van der Waals surface area contributed by atoms with E-state index in [0.29, 0.717) is 12.5 Å². The Kier molecular flexibility index (Phi) is 4.91. The van der Waals surface area contributed by atoms with Crippen molar-refractivity contribution in [3.8, 4) is 0 Å². The summed E-state index contributed by atoms with van der Waals surface area (Å²) in [4.78, 5) is 26.7. The fourth-order valence-electron chi connectivity index (χ4n) is 3.83. The molecule has 1 amide bonds. The van der Waals surface area contributed by atoms with Gasteiger partial charge in [-0.25, -0.2) is 0 Å². The molecule has 0 bridgehead atoms. The molecule has 1 aromatic rings. The number of carbonyl (C=O) groups excluding carboxylic acids is 1. The highest BCUT2D eigenvalue weighted by molar-refractivity contribution is 5.79. The van der Waals surface area contributed by atoms with Crippen LogP contribution in [0.3, 0.4) is 0 Å². The third-order valence-corrected chi connectivity index (χ3v) is 5.01. The SMILES string of the molecule is O=C([C@H]1CCC[NH+](Cc2ccccc2[N+](=O)[O-])C1)N1CCCC1. The lowest BCUT2D eigenvalue weighted by Gasteiger charge is -2.31. The van der Waals surface area contributed by atoms with Crippen LogP contribution in [0.2, 0.25) is 0 Å². The number of para-hydroxylation sites is 1. The van der Waals surface area contributed by atoms with E-state index < -0.39 is 0 Å². The van der Waals surface area contributed by atoms with Crippen LogP contribution in [0.1, 0.15) is 31.2 Å². The number of rotatable bonds is 4. The van der Waals surface area contributed by atoms with Crippen LogP contribution >= 0.6 is 0 Å². The van der Waals surface area contributed by atoms with Gasteiger partial charge in [-0.3, -0.25) is 14.9 Å². The van der Waals surface area contributed by atoms with Gasteiger partial charge in [-0.15, -0.1) is 0 Å². The molecule has 2 aliphatic heterocycles. The summed E-state index contributed by atoms with van der Waals surface area (Å²) in [5, 5.41) is 11.1. The van der Waals surface area contributed by atoms with Crippen LogP contribution in [0.15, 0.2) is 24.3 Å². The van der Waals surface area contributed by atoms with Crippen LogP contribution in [0.25, 0.3) is 0 Å². The Morgan fingerprint density at radius 1 is 1.26 bits per heavy atom. The maximum atomic E-state index is 12.6. The summed E-state index contributed by atoms with van der Waals surface area (Å²) in [6, 6.07) is 6.94. The molecule has 0 aliphatic carbocycles. The fraction of sp³-hybridized carbons (Fsp3) is 0.588. The van der Waals surface area contributed by atoms with Crippen LogP contribution in [-0.4, -0.2) is 41.9 Å². The van der Waals surface area contributed by atoms with Gasteiger partial charge in [0.25, 0.3) is 5.69 Å². The summed E-state index contributed by atoms with van der Waals surface area (Å²) in [7, 11) is 0. The van der Waals surface area contributed by atoms with Crippen molar-refractivity contribution in [2.75, 3.05) is 26.2 Å². The highest BCUT2D eigenvalue weighted by atomic mass is 16.6. The minimum Gasteiger partial charge on any atom is -0.342 e. The molecule has 3 rings (SSSR count). The molecule has 23 heavy (non-hydrogen) atoms. The van der Waals surface area contributed by atoms with Crippen LogP contribution in [-0.2, 0) is 11.3 Å². The summed E-state index contributed by atoms with van der Waals surface area (Å²) >= 11 is 0. The van der Waals surface area contributed by atoms with Gasteiger partial charge in [0.2, 0.25) is 5.91 Å². The smallest absolute Gasteiger partial charge is 0.278 e. The van der Waals surface area contributed by atoms with Gasteiger partial charge >= 0.3 is 0 Å². The van der Waals surface area contributed by atoms with Gasteiger partial charge < -0.3 is 9.80 Å². The number of nitro benzene ring substituents is 1. The summed E-state index contributed by atoms with van der Waals surface area (Å²) in [5.74, 6) is 0.377. The minimum atomic E-state index is -0.314. The van der Waals surface area contributed by atoms with E-state index >= 15 is 0 Å². The summed E-state index contributed by atoms with van der Waals surface area (Å²) in [6.07, 6.45) is 4.20. The number of amides is 1. The number of likely N-dealkylation sites (tertiary alicyclic amines) is 2. The van der Waals surface area contributed by atoms with Crippen molar-refractivity contribution in [3.63, 3.8) is 0 Å². The average molecular weight is 318 g/mol. The number of hydrogen-bond donors (Lipinski definition) is 1. The van der Waals surface area contributed by atoms with E-state index in [2.05, 4.69) is 0 Å². The normalized spacial score (nSPS) is 24.6. The molecule has 0 radical (unpaired) electrons. The first-order valence-electron chi connectivity index (χ1n) is 8.50. The molecule has 1 aromatic carbocycles. The molecule has 2 fully saturated rings. The second-order valence-corrected chi connectivity index (χ2v) is 6.64. The van der Waals surface area contributed by atoms with Crippen molar-refractivity contribution >= 4 is 11.6 Å². The lowest BCUT2D eigenvalue weighted by Crippen LogP contribution is -3.12. The van der Waals surface area contributed by atoms with E-state index in [9.17, 15) is 14.9 Å². The van der Waals surface area contributed by atoms with Gasteiger partial charge in [-0.2, -0.15) is 0 Å². The Hall–Kier alpha value is -1.95. The van der Waals surface area contributed by atoms with Gasteiger partial charge in [0.1, 0.15) is 6.54 Å². The summed E-state index contributed by atoms with van der Waals surface area (Å²) < 4.78 is 0. The molecular weight excluding hydrogens is 294 g/mol. The van der Waals surface area contributed by atoms with Gasteiger partial charge in [0, 0.05) is 19.2 Å². The second kappa shape index (κ2) is 7.08. The molecule has 6 nitrogen and oxygen atoms in total. The van der Waals surface area contributed by atoms with Gasteiger partial charge in [-0.1, -0.05) is 12.1 Å².